The Morgan fingerprint density at radius 3 is 2.32 bits per heavy atom. The van der Waals surface area contributed by atoms with Gasteiger partial charge in [0.05, 0.1) is 4.90 Å². The van der Waals surface area contributed by atoms with E-state index in [4.69, 9.17) is 5.73 Å². The monoisotopic (exact) mass is 412 g/mol. The molecule has 1 aromatic carbocycles. The molecule has 0 heterocycles. The Hall–Kier alpha value is 0.0500. The lowest BCUT2D eigenvalue weighted by Gasteiger charge is -2.21. The first-order chi connectivity index (χ1) is 8.69. The van der Waals surface area contributed by atoms with Gasteiger partial charge in [-0.3, -0.25) is 0 Å². The second kappa shape index (κ2) is 6.67. The Bertz CT molecular complexity index is 559. The van der Waals surface area contributed by atoms with E-state index in [1.807, 2.05) is 20.8 Å². The van der Waals surface area contributed by atoms with E-state index in [0.717, 1.165) is 10.0 Å². The van der Waals surface area contributed by atoms with Crippen LogP contribution in [0.1, 0.15) is 19.4 Å². The van der Waals surface area contributed by atoms with Crippen molar-refractivity contribution < 1.29 is 8.42 Å². The first-order valence-electron chi connectivity index (χ1n) is 5.87. The second-order valence-corrected chi connectivity index (χ2v) is 8.13. The molecule has 1 atom stereocenters. The van der Waals surface area contributed by atoms with Crippen LogP contribution in [0, 0.1) is 12.8 Å². The van der Waals surface area contributed by atoms with Crippen LogP contribution >= 0.6 is 31.9 Å². The molecule has 19 heavy (non-hydrogen) atoms. The van der Waals surface area contributed by atoms with E-state index in [-0.39, 0.29) is 23.4 Å². The molecule has 0 bridgehead atoms. The van der Waals surface area contributed by atoms with Gasteiger partial charge < -0.3 is 5.73 Å². The smallest absolute Gasteiger partial charge is 0.242 e. The van der Waals surface area contributed by atoms with Gasteiger partial charge >= 0.3 is 0 Å². The van der Waals surface area contributed by atoms with Gasteiger partial charge in [-0.2, -0.15) is 0 Å². The third-order valence-corrected chi connectivity index (χ3v) is 6.17. The van der Waals surface area contributed by atoms with Crippen molar-refractivity contribution >= 4 is 41.9 Å². The highest BCUT2D eigenvalue weighted by molar-refractivity contribution is 9.11. The molecule has 0 fully saturated rings. The number of benzene rings is 1. The van der Waals surface area contributed by atoms with Gasteiger partial charge in [-0.25, -0.2) is 13.1 Å². The van der Waals surface area contributed by atoms with E-state index in [0.29, 0.717) is 4.47 Å². The Kier molecular flexibility index (Phi) is 6.00. The zero-order valence-electron chi connectivity index (χ0n) is 11.1. The SMILES string of the molecule is Cc1cc(Br)c(S(=O)(=O)NC(CN)C(C)C)cc1Br. The van der Waals surface area contributed by atoms with Crippen LogP contribution < -0.4 is 10.5 Å². The zero-order chi connectivity index (χ0) is 14.8. The number of hydrogen-bond acceptors (Lipinski definition) is 3. The minimum atomic E-state index is -3.59. The summed E-state index contributed by atoms with van der Waals surface area (Å²) in [6.07, 6.45) is 0. The van der Waals surface area contributed by atoms with Crippen LogP contribution in [0.5, 0.6) is 0 Å². The van der Waals surface area contributed by atoms with Crippen LogP contribution in [-0.2, 0) is 10.0 Å². The summed E-state index contributed by atoms with van der Waals surface area (Å²) in [6.45, 7) is 6.03. The number of nitrogens with one attached hydrogen (secondary N) is 1. The molecule has 108 valence electrons. The van der Waals surface area contributed by atoms with E-state index in [1.165, 1.54) is 0 Å². The molecule has 0 amide bonds. The topological polar surface area (TPSA) is 72.2 Å². The Balaban J connectivity index is 3.17. The third kappa shape index (κ3) is 4.26. The predicted molar refractivity (Wildman–Crippen MR) is 84.6 cm³/mol. The van der Waals surface area contributed by atoms with Crippen molar-refractivity contribution in [3.05, 3.63) is 26.6 Å². The summed E-state index contributed by atoms with van der Waals surface area (Å²) in [5, 5.41) is 0. The maximum Gasteiger partial charge on any atom is 0.242 e. The van der Waals surface area contributed by atoms with Crippen LogP contribution in [0.4, 0.5) is 0 Å². The fourth-order valence-electron chi connectivity index (χ4n) is 1.55. The Morgan fingerprint density at radius 2 is 1.84 bits per heavy atom. The molecule has 0 aliphatic rings. The molecule has 1 aromatic rings. The van der Waals surface area contributed by atoms with Gasteiger partial charge in [0.15, 0.2) is 0 Å². The molecule has 0 spiro atoms. The van der Waals surface area contributed by atoms with Gasteiger partial charge in [0.1, 0.15) is 0 Å². The average molecular weight is 414 g/mol. The number of rotatable bonds is 5. The molecule has 0 saturated carbocycles. The summed E-state index contributed by atoms with van der Waals surface area (Å²) < 4.78 is 28.7. The average Bonchev–Trinajstić information content (AvgIpc) is 2.30. The van der Waals surface area contributed by atoms with Gasteiger partial charge in [0.2, 0.25) is 10.0 Å². The molecule has 4 nitrogen and oxygen atoms in total. The number of hydrogen-bond donors (Lipinski definition) is 2. The number of nitrogens with two attached hydrogens (primary N) is 1. The minimum Gasteiger partial charge on any atom is -0.329 e. The van der Waals surface area contributed by atoms with Crippen LogP contribution in [0.2, 0.25) is 0 Å². The molecule has 0 aromatic heterocycles. The number of halogens is 2. The summed E-state index contributed by atoms with van der Waals surface area (Å²) in [4.78, 5) is 0.212. The highest BCUT2D eigenvalue weighted by Crippen LogP contribution is 2.29. The summed E-state index contributed by atoms with van der Waals surface area (Å²) in [5.74, 6) is 0.132. The molecular weight excluding hydrogens is 396 g/mol. The summed E-state index contributed by atoms with van der Waals surface area (Å²) >= 11 is 6.64. The van der Waals surface area contributed by atoms with Gasteiger partial charge in [0.25, 0.3) is 0 Å². The molecule has 1 unspecified atom stereocenters. The van der Waals surface area contributed by atoms with E-state index in [2.05, 4.69) is 36.6 Å². The van der Waals surface area contributed by atoms with Crippen LogP contribution in [0.15, 0.2) is 26.0 Å². The van der Waals surface area contributed by atoms with Crippen LogP contribution in [0.25, 0.3) is 0 Å². The lowest BCUT2D eigenvalue weighted by atomic mass is 10.1. The van der Waals surface area contributed by atoms with Gasteiger partial charge in [-0.15, -0.1) is 0 Å². The Labute approximate surface area is 131 Å². The molecule has 1 rings (SSSR count). The number of aryl methyl sites for hydroxylation is 1. The van der Waals surface area contributed by atoms with E-state index >= 15 is 0 Å². The lowest BCUT2D eigenvalue weighted by molar-refractivity contribution is 0.454. The van der Waals surface area contributed by atoms with Crippen molar-refractivity contribution in [3.63, 3.8) is 0 Å². The highest BCUT2D eigenvalue weighted by Gasteiger charge is 2.24. The fourth-order valence-corrected chi connectivity index (χ4v) is 4.63. The highest BCUT2D eigenvalue weighted by atomic mass is 79.9. The quantitative estimate of drug-likeness (QED) is 0.779. The third-order valence-electron chi connectivity index (χ3n) is 2.87. The molecule has 0 aliphatic heterocycles. The standard InChI is InChI=1S/C12H18Br2N2O2S/c1-7(2)11(6-15)16-19(17,18)12-5-9(13)8(3)4-10(12)14/h4-5,7,11,16H,6,15H2,1-3H3. The first-order valence-corrected chi connectivity index (χ1v) is 8.94. The summed E-state index contributed by atoms with van der Waals surface area (Å²) in [5.41, 5.74) is 6.57. The maximum atomic E-state index is 12.4. The van der Waals surface area contributed by atoms with E-state index < -0.39 is 10.0 Å². The van der Waals surface area contributed by atoms with Crippen LogP contribution in [-0.4, -0.2) is 21.0 Å². The van der Waals surface area contributed by atoms with Gasteiger partial charge in [-0.1, -0.05) is 29.8 Å². The van der Waals surface area contributed by atoms with E-state index in [1.54, 1.807) is 12.1 Å². The lowest BCUT2D eigenvalue weighted by Crippen LogP contribution is -2.43. The normalized spacial score (nSPS) is 13.8. The van der Waals surface area contributed by atoms with Crippen molar-refractivity contribution in [2.45, 2.75) is 31.7 Å². The van der Waals surface area contributed by atoms with Crippen molar-refractivity contribution in [2.75, 3.05) is 6.54 Å². The van der Waals surface area contributed by atoms with Crippen molar-refractivity contribution in [1.29, 1.82) is 0 Å². The first kappa shape index (κ1) is 17.1. The fraction of sp³-hybridized carbons (Fsp3) is 0.500. The van der Waals surface area contributed by atoms with Crippen LogP contribution in [0.3, 0.4) is 0 Å². The van der Waals surface area contributed by atoms with Crippen molar-refractivity contribution in [2.24, 2.45) is 11.7 Å². The summed E-state index contributed by atoms with van der Waals surface area (Å²) in [6, 6.07) is 3.08. The zero-order valence-corrected chi connectivity index (χ0v) is 15.1. The molecular formula is C12H18Br2N2O2S. The predicted octanol–water partition coefficient (Wildman–Crippen LogP) is 2.78. The summed E-state index contributed by atoms with van der Waals surface area (Å²) in [7, 11) is -3.59. The number of sulfonamides is 1. The molecule has 0 aliphatic carbocycles. The van der Waals surface area contributed by atoms with Gasteiger partial charge in [0, 0.05) is 21.5 Å². The minimum absolute atomic E-state index is 0.132. The molecule has 0 radical (unpaired) electrons. The molecule has 0 saturated heterocycles. The Morgan fingerprint density at radius 1 is 1.26 bits per heavy atom. The largest absolute Gasteiger partial charge is 0.329 e. The molecule has 3 N–H and O–H groups in total. The van der Waals surface area contributed by atoms with Gasteiger partial charge in [-0.05, 0) is 46.5 Å². The maximum absolute atomic E-state index is 12.4. The second-order valence-electron chi connectivity index (χ2n) is 4.74. The van der Waals surface area contributed by atoms with E-state index in [9.17, 15) is 8.42 Å². The van der Waals surface area contributed by atoms with Crippen molar-refractivity contribution in [3.8, 4) is 0 Å². The molecule has 7 heteroatoms. The van der Waals surface area contributed by atoms with Crippen molar-refractivity contribution in [1.82, 2.24) is 4.72 Å².